The molecule has 0 saturated carbocycles. The summed E-state index contributed by atoms with van der Waals surface area (Å²) in [6, 6.07) is 13.8. The second-order valence-electron chi connectivity index (χ2n) is 7.06. The highest BCUT2D eigenvalue weighted by molar-refractivity contribution is 5.94. The molecule has 0 spiro atoms. The highest BCUT2D eigenvalue weighted by atomic mass is 19.4. The predicted molar refractivity (Wildman–Crippen MR) is 104 cm³/mol. The molecule has 0 aliphatic carbocycles. The van der Waals surface area contributed by atoms with Crippen molar-refractivity contribution in [1.29, 1.82) is 5.26 Å². The Morgan fingerprint density at radius 1 is 1.17 bits per heavy atom. The second kappa shape index (κ2) is 8.53. The summed E-state index contributed by atoms with van der Waals surface area (Å²) in [6.07, 6.45) is -4.37. The molecule has 1 heterocycles. The molecule has 152 valence electrons. The first-order valence-electron chi connectivity index (χ1n) is 9.36. The molecular formula is C21H22F3N4O+. The van der Waals surface area contributed by atoms with Crippen molar-refractivity contribution in [2.75, 3.05) is 36.4 Å². The maximum absolute atomic E-state index is 12.9. The lowest BCUT2D eigenvalue weighted by atomic mass is 10.1. The van der Waals surface area contributed by atoms with E-state index in [1.807, 2.05) is 11.8 Å². The van der Waals surface area contributed by atoms with Crippen LogP contribution >= 0.6 is 0 Å². The van der Waals surface area contributed by atoms with Gasteiger partial charge in [-0.25, -0.2) is 0 Å². The number of piperazine rings is 1. The predicted octanol–water partition coefficient (Wildman–Crippen LogP) is 2.31. The summed E-state index contributed by atoms with van der Waals surface area (Å²) < 4.78 is 38.8. The van der Waals surface area contributed by atoms with Crippen LogP contribution in [0.4, 0.5) is 24.5 Å². The third kappa shape index (κ3) is 4.87. The number of alkyl halides is 3. The van der Waals surface area contributed by atoms with Crippen LogP contribution in [0.25, 0.3) is 0 Å². The molecule has 3 rings (SSSR count). The highest BCUT2D eigenvalue weighted by Gasteiger charge is 2.32. The molecule has 0 radical (unpaired) electrons. The number of hydrogen-bond donors (Lipinski definition) is 2. The number of para-hydroxylation sites is 1. The normalized spacial score (nSPS) is 16.2. The van der Waals surface area contributed by atoms with Crippen LogP contribution < -0.4 is 15.1 Å². The van der Waals surface area contributed by atoms with Crippen LogP contribution in [0.1, 0.15) is 18.1 Å². The molecule has 5 nitrogen and oxygen atoms in total. The first kappa shape index (κ1) is 20.7. The van der Waals surface area contributed by atoms with Crippen LogP contribution in [0.15, 0.2) is 48.5 Å². The van der Waals surface area contributed by atoms with E-state index in [4.69, 9.17) is 5.26 Å². The summed E-state index contributed by atoms with van der Waals surface area (Å²) >= 11 is 0. The molecule has 2 N–H and O–H groups in total. The van der Waals surface area contributed by atoms with Gasteiger partial charge in [0.2, 0.25) is 0 Å². The number of amides is 1. The molecule has 1 aliphatic rings. The molecule has 1 atom stereocenters. The molecule has 8 heteroatoms. The summed E-state index contributed by atoms with van der Waals surface area (Å²) in [7, 11) is 0. The molecule has 1 aliphatic heterocycles. The van der Waals surface area contributed by atoms with E-state index in [-0.39, 0.29) is 11.9 Å². The lowest BCUT2D eigenvalue weighted by Gasteiger charge is -2.36. The van der Waals surface area contributed by atoms with Gasteiger partial charge in [-0.05, 0) is 37.3 Å². The van der Waals surface area contributed by atoms with Crippen LogP contribution in [-0.4, -0.2) is 38.1 Å². The van der Waals surface area contributed by atoms with E-state index in [1.165, 1.54) is 12.1 Å². The Bertz CT molecular complexity index is 915. The zero-order chi connectivity index (χ0) is 21.0. The Labute approximate surface area is 167 Å². The summed E-state index contributed by atoms with van der Waals surface area (Å²) in [4.78, 5) is 15.6. The maximum Gasteiger partial charge on any atom is 0.416 e. The van der Waals surface area contributed by atoms with E-state index in [0.717, 1.165) is 11.0 Å². The average molecular weight is 403 g/mol. The zero-order valence-corrected chi connectivity index (χ0v) is 16.0. The van der Waals surface area contributed by atoms with Gasteiger partial charge in [-0.3, -0.25) is 4.79 Å². The van der Waals surface area contributed by atoms with E-state index < -0.39 is 11.7 Å². The number of nitrogens with zero attached hydrogens (tertiary/aromatic N) is 2. The van der Waals surface area contributed by atoms with E-state index in [0.29, 0.717) is 43.1 Å². The van der Waals surface area contributed by atoms with E-state index in [1.54, 1.807) is 30.3 Å². The lowest BCUT2D eigenvalue weighted by Crippen LogP contribution is -3.19. The summed E-state index contributed by atoms with van der Waals surface area (Å²) in [5, 5.41) is 11.9. The van der Waals surface area contributed by atoms with Gasteiger partial charge in [-0.15, -0.1) is 0 Å². The van der Waals surface area contributed by atoms with Gasteiger partial charge in [0.1, 0.15) is 6.07 Å². The van der Waals surface area contributed by atoms with E-state index in [9.17, 15) is 18.0 Å². The maximum atomic E-state index is 12.9. The molecule has 1 amide bonds. The van der Waals surface area contributed by atoms with Crippen LogP contribution in [0.3, 0.4) is 0 Å². The first-order valence-corrected chi connectivity index (χ1v) is 9.36. The van der Waals surface area contributed by atoms with Gasteiger partial charge < -0.3 is 15.1 Å². The lowest BCUT2D eigenvalue weighted by molar-refractivity contribution is -0.914. The smallest absolute Gasteiger partial charge is 0.360 e. The third-order valence-corrected chi connectivity index (χ3v) is 5.26. The van der Waals surface area contributed by atoms with Gasteiger partial charge in [0.25, 0.3) is 5.91 Å². The fourth-order valence-corrected chi connectivity index (χ4v) is 3.48. The van der Waals surface area contributed by atoms with Crippen molar-refractivity contribution in [3.63, 3.8) is 0 Å². The Kier molecular flexibility index (Phi) is 6.09. The van der Waals surface area contributed by atoms with Crippen molar-refractivity contribution >= 4 is 17.3 Å². The molecule has 2 aromatic carbocycles. The molecule has 1 fully saturated rings. The van der Waals surface area contributed by atoms with Gasteiger partial charge in [0.15, 0.2) is 6.04 Å². The average Bonchev–Trinajstić information content (AvgIpc) is 2.73. The second-order valence-corrected chi connectivity index (χ2v) is 7.06. The Balaban J connectivity index is 1.60. The van der Waals surface area contributed by atoms with Crippen molar-refractivity contribution in [3.05, 3.63) is 59.7 Å². The molecule has 29 heavy (non-hydrogen) atoms. The van der Waals surface area contributed by atoms with Crippen molar-refractivity contribution in [1.82, 2.24) is 0 Å². The Hall–Kier alpha value is -3.05. The minimum atomic E-state index is -4.37. The van der Waals surface area contributed by atoms with E-state index in [2.05, 4.69) is 11.4 Å². The van der Waals surface area contributed by atoms with Crippen LogP contribution in [-0.2, 0) is 11.0 Å². The Morgan fingerprint density at radius 3 is 2.52 bits per heavy atom. The van der Waals surface area contributed by atoms with Gasteiger partial charge in [0, 0.05) is 5.69 Å². The molecule has 1 saturated heterocycles. The Morgan fingerprint density at radius 2 is 1.86 bits per heavy atom. The molecule has 0 bridgehead atoms. The molecular weight excluding hydrogens is 381 g/mol. The third-order valence-electron chi connectivity index (χ3n) is 5.26. The molecule has 0 unspecified atom stereocenters. The van der Waals surface area contributed by atoms with Gasteiger partial charge in [-0.2, -0.15) is 18.4 Å². The number of nitrogens with one attached hydrogen (secondary N) is 2. The van der Waals surface area contributed by atoms with Crippen molar-refractivity contribution in [3.8, 4) is 6.07 Å². The van der Waals surface area contributed by atoms with E-state index >= 15 is 0 Å². The summed E-state index contributed by atoms with van der Waals surface area (Å²) in [6.45, 7) is 4.20. The number of carbonyl (C=O) groups is 1. The number of carbonyl (C=O) groups excluding carboxylic acids is 1. The number of rotatable bonds is 4. The zero-order valence-electron chi connectivity index (χ0n) is 16.0. The van der Waals surface area contributed by atoms with Crippen molar-refractivity contribution < 1.29 is 22.9 Å². The largest absolute Gasteiger partial charge is 0.416 e. The first-order chi connectivity index (χ1) is 13.8. The molecule has 0 aromatic heterocycles. The minimum absolute atomic E-state index is 0.185. The number of anilines is 2. The standard InChI is InChI=1S/C21H21F3N4O/c1-15(20(29)26-19-8-3-2-5-16(19)14-25)27-9-11-28(12-10-27)18-7-4-6-17(13-18)21(22,23)24/h2-8,13,15H,9-12H2,1H3,(H,26,29)/p+1/t15-/m0/s1. The summed E-state index contributed by atoms with van der Waals surface area (Å²) in [5.41, 5.74) is 0.763. The SMILES string of the molecule is C[C@@H](C(=O)Nc1ccccc1C#N)[NH+]1CCN(c2cccc(C(F)(F)F)c2)CC1. The number of quaternary nitrogens is 1. The van der Waals surface area contributed by atoms with Crippen molar-refractivity contribution in [2.24, 2.45) is 0 Å². The minimum Gasteiger partial charge on any atom is -0.360 e. The van der Waals surface area contributed by atoms with Gasteiger partial charge in [-0.1, -0.05) is 18.2 Å². The van der Waals surface area contributed by atoms with Crippen LogP contribution in [0.2, 0.25) is 0 Å². The summed E-state index contributed by atoms with van der Waals surface area (Å²) in [5.74, 6) is -0.185. The number of benzene rings is 2. The highest BCUT2D eigenvalue weighted by Crippen LogP contribution is 2.31. The molecule has 2 aromatic rings. The fourth-order valence-electron chi connectivity index (χ4n) is 3.48. The van der Waals surface area contributed by atoms with Crippen LogP contribution in [0.5, 0.6) is 0 Å². The van der Waals surface area contributed by atoms with Gasteiger partial charge >= 0.3 is 6.18 Å². The van der Waals surface area contributed by atoms with Crippen molar-refractivity contribution in [2.45, 2.75) is 19.1 Å². The van der Waals surface area contributed by atoms with Crippen LogP contribution in [0, 0.1) is 11.3 Å². The number of halogens is 3. The number of nitriles is 1. The van der Waals surface area contributed by atoms with Gasteiger partial charge in [0.05, 0.1) is 43.0 Å². The fraction of sp³-hybridized carbons (Fsp3) is 0.333. The quantitative estimate of drug-likeness (QED) is 0.824. The monoisotopic (exact) mass is 403 g/mol. The topological polar surface area (TPSA) is 60.6 Å². The number of hydrogen-bond acceptors (Lipinski definition) is 3.